The molecule has 0 spiro atoms. The molecule has 0 aromatic carbocycles. The Labute approximate surface area is 184 Å². The first kappa shape index (κ1) is 23.4. The molecular weight excluding hydrogens is 445 g/mol. The largest absolute Gasteiger partial charge is 0.490 e. The smallest absolute Gasteiger partial charge is 0.475 e. The van der Waals surface area contributed by atoms with Gasteiger partial charge in [-0.15, -0.1) is 0 Å². The van der Waals surface area contributed by atoms with Crippen LogP contribution in [0, 0.1) is 6.92 Å². The van der Waals surface area contributed by atoms with Gasteiger partial charge in [0, 0.05) is 37.4 Å². The molecule has 33 heavy (non-hydrogen) atoms. The van der Waals surface area contributed by atoms with Crippen molar-refractivity contribution >= 4 is 17.5 Å². The minimum absolute atomic E-state index is 0.198. The van der Waals surface area contributed by atoms with E-state index in [0.29, 0.717) is 17.4 Å². The van der Waals surface area contributed by atoms with Gasteiger partial charge in [0.2, 0.25) is 11.7 Å². The highest BCUT2D eigenvalue weighted by atomic mass is 19.4. The Morgan fingerprint density at radius 2 is 1.85 bits per heavy atom. The molecule has 0 fully saturated rings. The number of carbonyl (C=O) groups is 2. The number of pyridine rings is 2. The zero-order valence-electron chi connectivity index (χ0n) is 17.3. The molecule has 4 aromatic rings. The number of aliphatic carboxylic acids is 1. The first-order chi connectivity index (χ1) is 15.6. The molecule has 172 valence electrons. The van der Waals surface area contributed by atoms with E-state index in [1.807, 2.05) is 29.7 Å². The molecule has 1 N–H and O–H groups in total. The van der Waals surface area contributed by atoms with E-state index in [1.165, 1.54) is 4.90 Å². The molecule has 4 heterocycles. The maximum atomic E-state index is 12.7. The Hall–Kier alpha value is -4.29. The SMILES string of the molecule is Cc1cccn2cc(C(=O)N(C)Cc3nc(-c4ccncc4)no3)nc12.O=C(O)C(F)(F)F. The van der Waals surface area contributed by atoms with Crippen LogP contribution in [0.5, 0.6) is 0 Å². The molecule has 13 heteroatoms. The first-order valence-electron chi connectivity index (χ1n) is 9.29. The van der Waals surface area contributed by atoms with Crippen LogP contribution in [0.1, 0.15) is 21.9 Å². The quantitative estimate of drug-likeness (QED) is 0.491. The van der Waals surface area contributed by atoms with Gasteiger partial charge >= 0.3 is 12.1 Å². The second kappa shape index (κ2) is 9.46. The number of amides is 1. The van der Waals surface area contributed by atoms with Gasteiger partial charge in [-0.2, -0.15) is 18.2 Å². The molecule has 0 saturated heterocycles. The van der Waals surface area contributed by atoms with E-state index < -0.39 is 12.1 Å². The summed E-state index contributed by atoms with van der Waals surface area (Å²) in [4.78, 5) is 35.8. The van der Waals surface area contributed by atoms with Crippen LogP contribution in [0.25, 0.3) is 17.0 Å². The number of carboxylic acids is 1. The molecule has 0 aliphatic carbocycles. The molecule has 0 saturated carbocycles. The summed E-state index contributed by atoms with van der Waals surface area (Å²) in [5.41, 5.74) is 2.95. The highest BCUT2D eigenvalue weighted by molar-refractivity contribution is 5.92. The van der Waals surface area contributed by atoms with Gasteiger partial charge in [-0.05, 0) is 30.7 Å². The standard InChI is InChI=1S/C18H16N6O2.C2HF3O2/c1-12-4-3-9-24-10-14(20-17(12)24)18(25)23(2)11-15-21-16(22-26-15)13-5-7-19-8-6-13;3-2(4,5)1(6)7/h3-10H,11H2,1-2H3;(H,6,7). The van der Waals surface area contributed by atoms with Crippen molar-refractivity contribution in [1.82, 2.24) is 29.4 Å². The number of alkyl halides is 3. The normalized spacial score (nSPS) is 11.1. The summed E-state index contributed by atoms with van der Waals surface area (Å²) in [5.74, 6) is -2.15. The van der Waals surface area contributed by atoms with E-state index in [9.17, 15) is 18.0 Å². The summed E-state index contributed by atoms with van der Waals surface area (Å²) in [6.45, 7) is 2.16. The molecule has 0 unspecified atom stereocenters. The van der Waals surface area contributed by atoms with Gasteiger partial charge in [0.05, 0.1) is 0 Å². The van der Waals surface area contributed by atoms with Crippen LogP contribution < -0.4 is 0 Å². The third-order valence-electron chi connectivity index (χ3n) is 4.27. The highest BCUT2D eigenvalue weighted by Gasteiger charge is 2.38. The predicted molar refractivity (Wildman–Crippen MR) is 107 cm³/mol. The van der Waals surface area contributed by atoms with Gasteiger partial charge in [-0.3, -0.25) is 9.78 Å². The second-order valence-corrected chi connectivity index (χ2v) is 6.76. The van der Waals surface area contributed by atoms with E-state index in [2.05, 4.69) is 20.1 Å². The van der Waals surface area contributed by atoms with Crippen molar-refractivity contribution < 1.29 is 32.4 Å². The third kappa shape index (κ3) is 5.70. The zero-order valence-corrected chi connectivity index (χ0v) is 17.3. The summed E-state index contributed by atoms with van der Waals surface area (Å²) in [6.07, 6.45) is 1.82. The lowest BCUT2D eigenvalue weighted by molar-refractivity contribution is -0.192. The minimum atomic E-state index is -5.08. The van der Waals surface area contributed by atoms with Crippen molar-refractivity contribution in [3.63, 3.8) is 0 Å². The maximum absolute atomic E-state index is 12.7. The van der Waals surface area contributed by atoms with E-state index in [1.54, 1.807) is 37.8 Å². The number of rotatable bonds is 4. The number of hydrogen-bond acceptors (Lipinski definition) is 7. The van der Waals surface area contributed by atoms with Gasteiger partial charge < -0.3 is 18.9 Å². The van der Waals surface area contributed by atoms with Crippen LogP contribution >= 0.6 is 0 Å². The maximum Gasteiger partial charge on any atom is 0.490 e. The van der Waals surface area contributed by atoms with E-state index in [0.717, 1.165) is 16.8 Å². The number of aromatic nitrogens is 5. The number of halogens is 3. The average Bonchev–Trinajstić information content (AvgIpc) is 3.41. The molecule has 4 rings (SSSR count). The molecule has 10 nitrogen and oxygen atoms in total. The lowest BCUT2D eigenvalue weighted by Gasteiger charge is -2.12. The lowest BCUT2D eigenvalue weighted by atomic mass is 10.2. The number of fused-ring (bicyclic) bond motifs is 1. The van der Waals surface area contributed by atoms with Gasteiger partial charge in [0.1, 0.15) is 17.9 Å². The molecular formula is C20H17F3N6O4. The van der Waals surface area contributed by atoms with E-state index in [4.69, 9.17) is 14.4 Å². The Morgan fingerprint density at radius 1 is 1.18 bits per heavy atom. The monoisotopic (exact) mass is 462 g/mol. The Morgan fingerprint density at radius 3 is 2.45 bits per heavy atom. The van der Waals surface area contributed by atoms with Crippen LogP contribution in [-0.4, -0.2) is 59.6 Å². The summed E-state index contributed by atoms with van der Waals surface area (Å²) in [5, 5.41) is 11.1. The van der Waals surface area contributed by atoms with Crippen molar-refractivity contribution in [1.29, 1.82) is 0 Å². The highest BCUT2D eigenvalue weighted by Crippen LogP contribution is 2.16. The number of carbonyl (C=O) groups excluding carboxylic acids is 1. The van der Waals surface area contributed by atoms with Crippen molar-refractivity contribution in [2.75, 3.05) is 7.05 Å². The van der Waals surface area contributed by atoms with Gasteiger partial charge in [0.15, 0.2) is 0 Å². The number of carboxylic acid groups (broad SMARTS) is 1. The second-order valence-electron chi connectivity index (χ2n) is 6.76. The summed E-state index contributed by atoms with van der Waals surface area (Å²) < 4.78 is 38.8. The number of hydrogen-bond donors (Lipinski definition) is 1. The van der Waals surface area contributed by atoms with Crippen molar-refractivity contribution in [2.45, 2.75) is 19.6 Å². The van der Waals surface area contributed by atoms with Gasteiger partial charge in [-0.1, -0.05) is 11.2 Å². The summed E-state index contributed by atoms with van der Waals surface area (Å²) in [6, 6.07) is 7.46. The van der Waals surface area contributed by atoms with Gasteiger partial charge in [0.25, 0.3) is 5.91 Å². The summed E-state index contributed by atoms with van der Waals surface area (Å²) >= 11 is 0. The molecule has 1 amide bonds. The number of nitrogens with zero attached hydrogens (tertiary/aromatic N) is 6. The Balaban J connectivity index is 0.000000383. The molecule has 0 bridgehead atoms. The lowest BCUT2D eigenvalue weighted by Crippen LogP contribution is -2.26. The fourth-order valence-corrected chi connectivity index (χ4v) is 2.66. The van der Waals surface area contributed by atoms with Crippen LogP contribution in [0.3, 0.4) is 0 Å². The van der Waals surface area contributed by atoms with Crippen LogP contribution in [0.2, 0.25) is 0 Å². The van der Waals surface area contributed by atoms with Crippen LogP contribution in [0.4, 0.5) is 13.2 Å². The molecule has 0 radical (unpaired) electrons. The first-order valence-corrected chi connectivity index (χ1v) is 9.29. The van der Waals surface area contributed by atoms with E-state index in [-0.39, 0.29) is 12.5 Å². The van der Waals surface area contributed by atoms with Crippen molar-refractivity contribution in [3.8, 4) is 11.4 Å². The predicted octanol–water partition coefficient (Wildman–Crippen LogP) is 2.99. The summed E-state index contributed by atoms with van der Waals surface area (Å²) in [7, 11) is 1.68. The molecule has 0 aliphatic heterocycles. The fourth-order valence-electron chi connectivity index (χ4n) is 2.66. The topological polar surface area (TPSA) is 127 Å². The van der Waals surface area contributed by atoms with Crippen LogP contribution in [0.15, 0.2) is 53.6 Å². The number of imidazole rings is 1. The third-order valence-corrected chi connectivity index (χ3v) is 4.27. The number of aryl methyl sites for hydroxylation is 1. The molecule has 0 aliphatic rings. The Bertz CT molecular complexity index is 1270. The fraction of sp³-hybridized carbons (Fsp3) is 0.200. The minimum Gasteiger partial charge on any atom is -0.475 e. The zero-order chi connectivity index (χ0) is 24.2. The average molecular weight is 462 g/mol. The van der Waals surface area contributed by atoms with Gasteiger partial charge in [-0.25, -0.2) is 9.78 Å². The Kier molecular flexibility index (Phi) is 6.70. The van der Waals surface area contributed by atoms with Crippen molar-refractivity contribution in [3.05, 3.63) is 66.2 Å². The van der Waals surface area contributed by atoms with Crippen LogP contribution in [-0.2, 0) is 11.3 Å². The molecule has 4 aromatic heterocycles. The van der Waals surface area contributed by atoms with Crippen molar-refractivity contribution in [2.24, 2.45) is 0 Å². The van der Waals surface area contributed by atoms with E-state index >= 15 is 0 Å². The molecule has 0 atom stereocenters.